The van der Waals surface area contributed by atoms with Gasteiger partial charge in [0.15, 0.2) is 0 Å². The Bertz CT molecular complexity index is 676. The monoisotopic (exact) mass is 347 g/mol. The number of halogens is 1. The SMILES string of the molecule is Cc1cc(C(=O)N2CCCC2CN)cc(S(N)(=O)=O)c1C.Cl. The second-order valence-corrected chi connectivity index (χ2v) is 7.02. The van der Waals surface area contributed by atoms with E-state index in [0.29, 0.717) is 24.2 Å². The number of sulfonamides is 1. The van der Waals surface area contributed by atoms with Crippen LogP contribution in [-0.2, 0) is 10.0 Å². The number of benzene rings is 1. The topological polar surface area (TPSA) is 106 Å². The van der Waals surface area contributed by atoms with Gasteiger partial charge < -0.3 is 10.6 Å². The lowest BCUT2D eigenvalue weighted by molar-refractivity contribution is 0.0741. The van der Waals surface area contributed by atoms with Crippen LogP contribution >= 0.6 is 12.4 Å². The van der Waals surface area contributed by atoms with Gasteiger partial charge in [-0.15, -0.1) is 12.4 Å². The van der Waals surface area contributed by atoms with E-state index in [9.17, 15) is 13.2 Å². The number of primary sulfonamides is 1. The number of carbonyl (C=O) groups is 1. The molecule has 6 nitrogen and oxygen atoms in total. The molecule has 1 heterocycles. The minimum absolute atomic E-state index is 0. The number of aryl methyl sites for hydroxylation is 1. The summed E-state index contributed by atoms with van der Waals surface area (Å²) in [5.41, 5.74) is 7.34. The van der Waals surface area contributed by atoms with Crippen LogP contribution in [0.5, 0.6) is 0 Å². The zero-order valence-corrected chi connectivity index (χ0v) is 14.3. The summed E-state index contributed by atoms with van der Waals surface area (Å²) in [5, 5.41) is 5.23. The Morgan fingerprint density at radius 2 is 2.00 bits per heavy atom. The molecule has 22 heavy (non-hydrogen) atoms. The summed E-state index contributed by atoms with van der Waals surface area (Å²) in [5.74, 6) is -0.184. The van der Waals surface area contributed by atoms with Crippen molar-refractivity contribution in [1.82, 2.24) is 4.90 Å². The predicted molar refractivity (Wildman–Crippen MR) is 87.7 cm³/mol. The third kappa shape index (κ3) is 3.60. The Balaban J connectivity index is 0.00000242. The Kier molecular flexibility index (Phi) is 5.97. The molecule has 0 aliphatic carbocycles. The molecule has 1 saturated heterocycles. The highest BCUT2D eigenvalue weighted by molar-refractivity contribution is 7.89. The van der Waals surface area contributed by atoms with E-state index >= 15 is 0 Å². The molecule has 0 saturated carbocycles. The molecular formula is C14H22ClN3O3S. The van der Waals surface area contributed by atoms with Gasteiger partial charge in [0.25, 0.3) is 5.91 Å². The molecule has 1 aliphatic heterocycles. The first-order valence-electron chi connectivity index (χ1n) is 6.90. The summed E-state index contributed by atoms with van der Waals surface area (Å²) in [6.07, 6.45) is 1.80. The lowest BCUT2D eigenvalue weighted by Crippen LogP contribution is -2.40. The molecule has 1 aromatic carbocycles. The van der Waals surface area contributed by atoms with Crippen LogP contribution in [0, 0.1) is 13.8 Å². The Morgan fingerprint density at radius 1 is 1.36 bits per heavy atom. The Hall–Kier alpha value is -1.15. The van der Waals surface area contributed by atoms with E-state index in [4.69, 9.17) is 10.9 Å². The predicted octanol–water partition coefficient (Wildman–Crippen LogP) is 0.936. The molecule has 0 radical (unpaired) electrons. The van der Waals surface area contributed by atoms with Crippen molar-refractivity contribution < 1.29 is 13.2 Å². The van der Waals surface area contributed by atoms with Crippen molar-refractivity contribution in [3.63, 3.8) is 0 Å². The summed E-state index contributed by atoms with van der Waals surface area (Å²) in [6.45, 7) is 4.52. The third-order valence-corrected chi connectivity index (χ3v) is 5.12. The maximum atomic E-state index is 12.6. The minimum Gasteiger partial charge on any atom is -0.334 e. The number of nitrogens with two attached hydrogens (primary N) is 2. The zero-order chi connectivity index (χ0) is 15.8. The van der Waals surface area contributed by atoms with E-state index in [1.165, 1.54) is 6.07 Å². The van der Waals surface area contributed by atoms with Gasteiger partial charge in [-0.3, -0.25) is 4.79 Å². The highest BCUT2D eigenvalue weighted by atomic mass is 35.5. The number of hydrogen-bond acceptors (Lipinski definition) is 4. The van der Waals surface area contributed by atoms with Gasteiger partial charge in [-0.05, 0) is 49.9 Å². The lowest BCUT2D eigenvalue weighted by atomic mass is 10.0. The standard InChI is InChI=1S/C14H21N3O3S.ClH/c1-9-6-11(7-13(10(9)2)21(16,19)20)14(18)17-5-3-4-12(17)8-15;/h6-7,12H,3-5,8,15H2,1-2H3,(H2,16,19,20);1H. The number of amides is 1. The molecule has 124 valence electrons. The van der Waals surface area contributed by atoms with Crippen LogP contribution in [0.25, 0.3) is 0 Å². The molecule has 0 bridgehead atoms. The van der Waals surface area contributed by atoms with E-state index in [1.807, 2.05) is 0 Å². The molecule has 1 aliphatic rings. The van der Waals surface area contributed by atoms with Crippen LogP contribution in [-0.4, -0.2) is 38.4 Å². The molecule has 1 aromatic rings. The van der Waals surface area contributed by atoms with Gasteiger partial charge in [0, 0.05) is 24.7 Å². The highest BCUT2D eigenvalue weighted by Crippen LogP contribution is 2.24. The molecular weight excluding hydrogens is 326 g/mol. The van der Waals surface area contributed by atoms with Gasteiger partial charge in [-0.1, -0.05) is 0 Å². The molecule has 8 heteroatoms. The normalized spacial score (nSPS) is 18.2. The van der Waals surface area contributed by atoms with Crippen LogP contribution < -0.4 is 10.9 Å². The molecule has 4 N–H and O–H groups in total. The smallest absolute Gasteiger partial charge is 0.254 e. The summed E-state index contributed by atoms with van der Waals surface area (Å²) in [7, 11) is -3.85. The number of nitrogens with zero attached hydrogens (tertiary/aromatic N) is 1. The fourth-order valence-electron chi connectivity index (χ4n) is 2.76. The fraction of sp³-hybridized carbons (Fsp3) is 0.500. The number of hydrogen-bond donors (Lipinski definition) is 2. The van der Waals surface area contributed by atoms with Crippen LogP contribution in [0.4, 0.5) is 0 Å². The van der Waals surface area contributed by atoms with Gasteiger partial charge >= 0.3 is 0 Å². The first-order valence-corrected chi connectivity index (χ1v) is 8.45. The maximum Gasteiger partial charge on any atom is 0.254 e. The van der Waals surface area contributed by atoms with Crippen LogP contribution in [0.15, 0.2) is 17.0 Å². The first kappa shape index (κ1) is 18.9. The summed E-state index contributed by atoms with van der Waals surface area (Å²) in [6, 6.07) is 3.10. The number of carbonyl (C=O) groups excluding carboxylic acids is 1. The molecule has 1 amide bonds. The number of likely N-dealkylation sites (tertiary alicyclic amines) is 1. The van der Waals surface area contributed by atoms with Crippen LogP contribution in [0.1, 0.15) is 34.3 Å². The van der Waals surface area contributed by atoms with Crippen molar-refractivity contribution in [1.29, 1.82) is 0 Å². The first-order chi connectivity index (χ1) is 9.75. The minimum atomic E-state index is -3.85. The largest absolute Gasteiger partial charge is 0.334 e. The summed E-state index contributed by atoms with van der Waals surface area (Å²) < 4.78 is 23.3. The maximum absolute atomic E-state index is 12.6. The summed E-state index contributed by atoms with van der Waals surface area (Å²) >= 11 is 0. The highest BCUT2D eigenvalue weighted by Gasteiger charge is 2.29. The van der Waals surface area contributed by atoms with Crippen molar-refractivity contribution in [2.75, 3.05) is 13.1 Å². The average molecular weight is 348 g/mol. The van der Waals surface area contributed by atoms with Crippen molar-refractivity contribution >= 4 is 28.3 Å². The van der Waals surface area contributed by atoms with E-state index in [1.54, 1.807) is 24.8 Å². The molecule has 2 rings (SSSR count). The zero-order valence-electron chi connectivity index (χ0n) is 12.7. The van der Waals surface area contributed by atoms with Gasteiger partial charge in [-0.25, -0.2) is 13.6 Å². The van der Waals surface area contributed by atoms with Gasteiger partial charge in [0.1, 0.15) is 0 Å². The van der Waals surface area contributed by atoms with E-state index in [0.717, 1.165) is 18.4 Å². The Labute approximate surface area is 137 Å². The van der Waals surface area contributed by atoms with E-state index in [-0.39, 0.29) is 29.3 Å². The van der Waals surface area contributed by atoms with E-state index in [2.05, 4.69) is 0 Å². The summed E-state index contributed by atoms with van der Waals surface area (Å²) in [4.78, 5) is 14.3. The second-order valence-electron chi connectivity index (χ2n) is 5.49. The fourth-order valence-corrected chi connectivity index (χ4v) is 3.64. The van der Waals surface area contributed by atoms with Crippen molar-refractivity contribution in [2.24, 2.45) is 10.9 Å². The quantitative estimate of drug-likeness (QED) is 0.848. The number of rotatable bonds is 3. The molecule has 0 aromatic heterocycles. The second kappa shape index (κ2) is 6.95. The average Bonchev–Trinajstić information content (AvgIpc) is 2.87. The molecule has 0 spiro atoms. The lowest BCUT2D eigenvalue weighted by Gasteiger charge is -2.24. The van der Waals surface area contributed by atoms with Gasteiger partial charge in [0.05, 0.1) is 4.90 Å². The van der Waals surface area contributed by atoms with Crippen molar-refractivity contribution in [3.8, 4) is 0 Å². The van der Waals surface area contributed by atoms with Gasteiger partial charge in [0.2, 0.25) is 10.0 Å². The third-order valence-electron chi connectivity index (χ3n) is 4.08. The Morgan fingerprint density at radius 3 is 2.55 bits per heavy atom. The van der Waals surface area contributed by atoms with Crippen molar-refractivity contribution in [3.05, 3.63) is 28.8 Å². The van der Waals surface area contributed by atoms with E-state index < -0.39 is 10.0 Å². The van der Waals surface area contributed by atoms with Crippen LogP contribution in [0.3, 0.4) is 0 Å². The van der Waals surface area contributed by atoms with Gasteiger partial charge in [-0.2, -0.15) is 0 Å². The molecule has 1 atom stereocenters. The molecule has 1 unspecified atom stereocenters. The van der Waals surface area contributed by atoms with Crippen LogP contribution in [0.2, 0.25) is 0 Å². The molecule has 1 fully saturated rings. The van der Waals surface area contributed by atoms with Crippen molar-refractivity contribution in [2.45, 2.75) is 37.6 Å².